The molecule has 0 spiro atoms. The molecule has 1 unspecified atom stereocenters. The lowest BCUT2D eigenvalue weighted by Gasteiger charge is -2.19. The summed E-state index contributed by atoms with van der Waals surface area (Å²) in [5.41, 5.74) is 10.9. The summed E-state index contributed by atoms with van der Waals surface area (Å²) in [5, 5.41) is 0. The van der Waals surface area contributed by atoms with Crippen molar-refractivity contribution >= 4 is 12.1 Å². The number of aldehydes is 1. The molecule has 6 nitrogen and oxygen atoms in total. The van der Waals surface area contributed by atoms with Gasteiger partial charge in [0.05, 0.1) is 6.67 Å². The minimum absolute atomic E-state index is 0.348. The molecule has 6 heteroatoms. The lowest BCUT2D eigenvalue weighted by atomic mass is 10.2. The van der Waals surface area contributed by atoms with Crippen LogP contribution in [-0.2, 0) is 9.59 Å². The molecule has 0 amide bonds. The Kier molecular flexibility index (Phi) is 4.68. The summed E-state index contributed by atoms with van der Waals surface area (Å²) in [6.45, 7) is 2.00. The number of Topliss-reactive ketones (excluding diaryl/α,β-unsaturated/α-hetero) is 1. The molecule has 0 radical (unpaired) electrons. The van der Waals surface area contributed by atoms with Crippen molar-refractivity contribution in [3.8, 4) is 0 Å². The van der Waals surface area contributed by atoms with Gasteiger partial charge in [-0.3, -0.25) is 14.5 Å². The van der Waals surface area contributed by atoms with Crippen LogP contribution in [0.2, 0.25) is 0 Å². The molecule has 1 fully saturated rings. The fraction of sp³-hybridized carbons (Fsp3) is 0.750. The van der Waals surface area contributed by atoms with Gasteiger partial charge in [0, 0.05) is 6.54 Å². The van der Waals surface area contributed by atoms with E-state index in [1.807, 2.05) is 4.90 Å². The topological polar surface area (TPSA) is 87.5 Å². The van der Waals surface area contributed by atoms with Crippen LogP contribution >= 0.6 is 0 Å². The van der Waals surface area contributed by atoms with Gasteiger partial charge in [-0.2, -0.15) is 0 Å². The predicted molar refractivity (Wildman–Crippen MR) is 51.0 cm³/mol. The smallest absolute Gasteiger partial charge is 0.228 e. The summed E-state index contributed by atoms with van der Waals surface area (Å²) >= 11 is 0. The fourth-order valence-corrected chi connectivity index (χ4v) is 1.41. The average Bonchev–Trinajstić information content (AvgIpc) is 2.65. The maximum Gasteiger partial charge on any atom is 0.228 e. The van der Waals surface area contributed by atoms with E-state index in [0.717, 1.165) is 19.4 Å². The number of carbonyl (C=O) groups is 2. The van der Waals surface area contributed by atoms with Gasteiger partial charge in [-0.25, -0.2) is 10.9 Å². The second-order valence-corrected chi connectivity index (χ2v) is 3.21. The Labute approximate surface area is 82.8 Å². The van der Waals surface area contributed by atoms with E-state index in [1.165, 1.54) is 0 Å². The lowest BCUT2D eigenvalue weighted by molar-refractivity contribution is -0.133. The molecule has 14 heavy (non-hydrogen) atoms. The van der Waals surface area contributed by atoms with Gasteiger partial charge in [-0.05, 0) is 19.4 Å². The van der Waals surface area contributed by atoms with E-state index in [9.17, 15) is 9.59 Å². The maximum atomic E-state index is 11.1. The summed E-state index contributed by atoms with van der Waals surface area (Å²) < 4.78 is 0. The molecule has 0 aromatic heterocycles. The molecule has 1 aliphatic heterocycles. The Morgan fingerprint density at radius 3 is 3.00 bits per heavy atom. The summed E-state index contributed by atoms with van der Waals surface area (Å²) in [4.78, 5) is 23.3. The van der Waals surface area contributed by atoms with Crippen molar-refractivity contribution in [3.63, 3.8) is 0 Å². The molecular weight excluding hydrogens is 184 g/mol. The monoisotopic (exact) mass is 200 g/mol. The highest BCUT2D eigenvalue weighted by molar-refractivity contribution is 6.27. The van der Waals surface area contributed by atoms with Crippen LogP contribution in [0.3, 0.4) is 0 Å². The molecular formula is C8H16N4O2. The minimum Gasteiger partial charge on any atom is -0.330 e. The Hall–Kier alpha value is -0.820. The maximum absolute atomic E-state index is 11.1. The first-order valence-corrected chi connectivity index (χ1v) is 4.71. The van der Waals surface area contributed by atoms with Crippen LogP contribution in [0, 0.1) is 0 Å². The molecule has 0 aliphatic carbocycles. The molecule has 4 N–H and O–H groups in total. The number of hydrogen-bond acceptors (Lipinski definition) is 6. The second-order valence-electron chi connectivity index (χ2n) is 3.21. The Bertz CT molecular complexity index is 210. The number of rotatable bonds is 6. The summed E-state index contributed by atoms with van der Waals surface area (Å²) in [6, 6.07) is 0. The minimum atomic E-state index is -0.509. The highest BCUT2D eigenvalue weighted by atomic mass is 16.2. The van der Waals surface area contributed by atoms with Gasteiger partial charge in [0.2, 0.25) is 5.78 Å². The molecule has 1 aliphatic rings. The number of carbonyl (C=O) groups excluding carboxylic acids is 2. The normalized spacial score (nSPS) is 22.5. The Morgan fingerprint density at radius 2 is 2.36 bits per heavy atom. The number of ketones is 1. The number of hydrazine groups is 1. The number of hydrogen-bond donors (Lipinski definition) is 3. The van der Waals surface area contributed by atoms with Crippen LogP contribution in [0.1, 0.15) is 12.8 Å². The molecule has 1 atom stereocenters. The van der Waals surface area contributed by atoms with Crippen LogP contribution < -0.4 is 16.6 Å². The van der Waals surface area contributed by atoms with Crippen molar-refractivity contribution in [3.05, 3.63) is 0 Å². The lowest BCUT2D eigenvalue weighted by Crippen LogP contribution is -2.44. The standard InChI is InChI=1S/C8H16N4O2/c9-3-1-2-4-12-6-10-11-8(12)7(14)5-13/h5,8,10-11H,1-4,6,9H2. The Morgan fingerprint density at radius 1 is 1.57 bits per heavy atom. The molecule has 1 rings (SSSR count). The van der Waals surface area contributed by atoms with Crippen LogP contribution in [0.25, 0.3) is 0 Å². The van der Waals surface area contributed by atoms with Gasteiger partial charge < -0.3 is 5.73 Å². The largest absolute Gasteiger partial charge is 0.330 e. The van der Waals surface area contributed by atoms with Crippen LogP contribution in [-0.4, -0.2) is 42.9 Å². The number of unbranched alkanes of at least 4 members (excludes halogenated alkanes) is 1. The number of nitrogens with two attached hydrogens (primary N) is 1. The van der Waals surface area contributed by atoms with E-state index in [4.69, 9.17) is 5.73 Å². The van der Waals surface area contributed by atoms with Crippen LogP contribution in [0.15, 0.2) is 0 Å². The van der Waals surface area contributed by atoms with Crippen molar-refractivity contribution in [2.24, 2.45) is 5.73 Å². The molecule has 1 saturated heterocycles. The highest BCUT2D eigenvalue weighted by Gasteiger charge is 2.28. The summed E-state index contributed by atoms with van der Waals surface area (Å²) in [6.07, 6.45) is 1.70. The average molecular weight is 200 g/mol. The van der Waals surface area contributed by atoms with E-state index in [2.05, 4.69) is 10.9 Å². The summed E-state index contributed by atoms with van der Waals surface area (Å²) in [5.74, 6) is -0.442. The van der Waals surface area contributed by atoms with Crippen molar-refractivity contribution in [1.82, 2.24) is 15.8 Å². The van der Waals surface area contributed by atoms with Gasteiger partial charge in [-0.15, -0.1) is 0 Å². The van der Waals surface area contributed by atoms with Crippen molar-refractivity contribution in [1.29, 1.82) is 0 Å². The quantitative estimate of drug-likeness (QED) is 0.266. The first-order valence-electron chi connectivity index (χ1n) is 4.71. The third-order valence-corrected chi connectivity index (χ3v) is 2.17. The molecule has 0 aromatic rings. The molecule has 1 heterocycles. The van der Waals surface area contributed by atoms with Gasteiger partial charge in [-0.1, -0.05) is 0 Å². The van der Waals surface area contributed by atoms with Gasteiger partial charge in [0.15, 0.2) is 6.29 Å². The molecule has 0 aromatic carbocycles. The first kappa shape index (κ1) is 11.3. The van der Waals surface area contributed by atoms with Crippen molar-refractivity contribution in [2.45, 2.75) is 19.0 Å². The third-order valence-electron chi connectivity index (χ3n) is 2.17. The highest BCUT2D eigenvalue weighted by Crippen LogP contribution is 2.02. The predicted octanol–water partition coefficient (Wildman–Crippen LogP) is -1.81. The van der Waals surface area contributed by atoms with E-state index < -0.39 is 11.9 Å². The van der Waals surface area contributed by atoms with Crippen molar-refractivity contribution < 1.29 is 9.59 Å². The van der Waals surface area contributed by atoms with Crippen LogP contribution in [0.4, 0.5) is 0 Å². The molecule has 80 valence electrons. The van der Waals surface area contributed by atoms with E-state index >= 15 is 0 Å². The van der Waals surface area contributed by atoms with Gasteiger partial charge in [0.25, 0.3) is 0 Å². The SMILES string of the molecule is NCCCCN1CNNC1C(=O)C=O. The zero-order chi connectivity index (χ0) is 10.4. The third kappa shape index (κ3) is 2.85. The second kappa shape index (κ2) is 5.82. The first-order chi connectivity index (χ1) is 6.79. The zero-order valence-corrected chi connectivity index (χ0v) is 8.03. The van der Waals surface area contributed by atoms with Crippen molar-refractivity contribution in [2.75, 3.05) is 19.8 Å². The van der Waals surface area contributed by atoms with Crippen LogP contribution in [0.5, 0.6) is 0 Å². The summed E-state index contributed by atoms with van der Waals surface area (Å²) in [7, 11) is 0. The molecule has 0 saturated carbocycles. The fourth-order valence-electron chi connectivity index (χ4n) is 1.41. The molecule has 0 bridgehead atoms. The van der Waals surface area contributed by atoms with E-state index in [0.29, 0.717) is 19.5 Å². The zero-order valence-electron chi connectivity index (χ0n) is 8.03. The van der Waals surface area contributed by atoms with E-state index in [1.54, 1.807) is 0 Å². The van der Waals surface area contributed by atoms with Gasteiger partial charge in [0.1, 0.15) is 6.17 Å². The van der Waals surface area contributed by atoms with Gasteiger partial charge >= 0.3 is 0 Å². The van der Waals surface area contributed by atoms with E-state index in [-0.39, 0.29) is 0 Å². The Balaban J connectivity index is 2.35. The number of nitrogens with one attached hydrogen (secondary N) is 2. The number of nitrogens with zero attached hydrogens (tertiary/aromatic N) is 1.